The highest BCUT2D eigenvalue weighted by Gasteiger charge is 2.18. The highest BCUT2D eigenvalue weighted by Crippen LogP contribution is 2.02. The zero-order valence-corrected chi connectivity index (χ0v) is 12.5. The molecule has 7 nitrogen and oxygen atoms in total. The number of imidazole rings is 1. The van der Waals surface area contributed by atoms with Crippen molar-refractivity contribution in [1.82, 2.24) is 18.6 Å². The Balaban J connectivity index is 2.64. The van der Waals surface area contributed by atoms with Crippen molar-refractivity contribution in [3.63, 3.8) is 0 Å². The summed E-state index contributed by atoms with van der Waals surface area (Å²) in [4.78, 5) is 4.02. The second-order valence-electron chi connectivity index (χ2n) is 3.98. The first-order chi connectivity index (χ1) is 9.05. The number of nitrogens with one attached hydrogen (secondary N) is 1. The van der Waals surface area contributed by atoms with Crippen molar-refractivity contribution in [1.29, 1.82) is 0 Å². The predicted molar refractivity (Wildman–Crippen MR) is 72.8 cm³/mol. The fourth-order valence-electron chi connectivity index (χ4n) is 1.71. The third-order valence-electron chi connectivity index (χ3n) is 2.82. The Labute approximate surface area is 114 Å². The first-order valence-corrected chi connectivity index (χ1v) is 7.71. The van der Waals surface area contributed by atoms with E-state index in [1.54, 1.807) is 19.6 Å². The van der Waals surface area contributed by atoms with Crippen LogP contribution in [0.5, 0.6) is 0 Å². The Morgan fingerprint density at radius 3 is 2.68 bits per heavy atom. The topological polar surface area (TPSA) is 76.5 Å². The minimum atomic E-state index is -3.42. The molecule has 1 N–H and O–H groups in total. The molecule has 0 saturated carbocycles. The molecule has 1 aromatic heterocycles. The van der Waals surface area contributed by atoms with Gasteiger partial charge in [0.2, 0.25) is 0 Å². The number of hydrogen-bond donors (Lipinski definition) is 1. The molecule has 0 radical (unpaired) electrons. The van der Waals surface area contributed by atoms with Gasteiger partial charge in [0.1, 0.15) is 0 Å². The van der Waals surface area contributed by atoms with E-state index in [1.165, 1.54) is 4.31 Å². The smallest absolute Gasteiger partial charge is 0.279 e. The van der Waals surface area contributed by atoms with Crippen LogP contribution in [0.3, 0.4) is 0 Å². The van der Waals surface area contributed by atoms with Crippen molar-refractivity contribution in [2.75, 3.05) is 26.8 Å². The molecule has 0 amide bonds. The Kier molecular flexibility index (Phi) is 6.43. The van der Waals surface area contributed by atoms with E-state index in [0.717, 1.165) is 5.69 Å². The molecule has 0 aromatic carbocycles. The summed E-state index contributed by atoms with van der Waals surface area (Å²) in [6, 6.07) is 0. The summed E-state index contributed by atoms with van der Waals surface area (Å²) in [6.07, 6.45) is 3.32. The summed E-state index contributed by atoms with van der Waals surface area (Å²) < 4.78 is 34.8. The predicted octanol–water partition coefficient (Wildman–Crippen LogP) is 0.206. The molecule has 0 aliphatic carbocycles. The fourth-order valence-corrected chi connectivity index (χ4v) is 2.90. The lowest BCUT2D eigenvalue weighted by Crippen LogP contribution is -2.40. The summed E-state index contributed by atoms with van der Waals surface area (Å²) >= 11 is 0. The number of rotatable bonds is 9. The monoisotopic (exact) mass is 290 g/mol. The lowest BCUT2D eigenvalue weighted by atomic mass is 10.4. The van der Waals surface area contributed by atoms with Crippen LogP contribution in [0.4, 0.5) is 0 Å². The van der Waals surface area contributed by atoms with E-state index >= 15 is 0 Å². The average Bonchev–Trinajstić information content (AvgIpc) is 2.82. The largest absolute Gasteiger partial charge is 0.383 e. The quantitative estimate of drug-likeness (QED) is 0.705. The number of ether oxygens (including phenoxy) is 1. The van der Waals surface area contributed by atoms with Gasteiger partial charge in [-0.05, 0) is 0 Å². The van der Waals surface area contributed by atoms with Gasteiger partial charge in [-0.3, -0.25) is 0 Å². The molecule has 0 unspecified atom stereocenters. The van der Waals surface area contributed by atoms with Gasteiger partial charge < -0.3 is 9.30 Å². The van der Waals surface area contributed by atoms with Gasteiger partial charge in [0, 0.05) is 32.9 Å². The van der Waals surface area contributed by atoms with Crippen LogP contribution < -0.4 is 4.72 Å². The molecule has 0 saturated heterocycles. The molecule has 19 heavy (non-hydrogen) atoms. The maximum absolute atomic E-state index is 12.0. The third-order valence-corrected chi connectivity index (χ3v) is 4.52. The minimum Gasteiger partial charge on any atom is -0.383 e. The van der Waals surface area contributed by atoms with Crippen molar-refractivity contribution in [3.8, 4) is 0 Å². The van der Waals surface area contributed by atoms with Gasteiger partial charge in [0.05, 0.1) is 25.2 Å². The molecular formula is C11H22N4O3S. The number of hydrogen-bond acceptors (Lipinski definition) is 4. The van der Waals surface area contributed by atoms with Crippen molar-refractivity contribution in [2.24, 2.45) is 0 Å². The normalized spacial score (nSPS) is 12.2. The zero-order chi connectivity index (χ0) is 14.3. The molecule has 1 rings (SSSR count). The van der Waals surface area contributed by atoms with Crippen molar-refractivity contribution < 1.29 is 13.2 Å². The SMILES string of the molecule is CCN(CC)S(=O)(=O)NCc1cncn1CCOC. The van der Waals surface area contributed by atoms with Gasteiger partial charge in [-0.25, -0.2) is 4.98 Å². The molecule has 0 aliphatic heterocycles. The Morgan fingerprint density at radius 1 is 1.42 bits per heavy atom. The molecule has 0 aliphatic rings. The summed E-state index contributed by atoms with van der Waals surface area (Å²) in [5.74, 6) is 0. The van der Waals surface area contributed by atoms with Crippen LogP contribution in [0.1, 0.15) is 19.5 Å². The van der Waals surface area contributed by atoms with Crippen LogP contribution in [-0.4, -0.2) is 49.1 Å². The Morgan fingerprint density at radius 2 is 2.11 bits per heavy atom. The van der Waals surface area contributed by atoms with Gasteiger partial charge in [0.15, 0.2) is 0 Å². The Bertz CT molecular complexity index is 468. The lowest BCUT2D eigenvalue weighted by Gasteiger charge is -2.19. The van der Waals surface area contributed by atoms with Crippen LogP contribution in [0.15, 0.2) is 12.5 Å². The van der Waals surface area contributed by atoms with Crippen molar-refractivity contribution in [3.05, 3.63) is 18.2 Å². The van der Waals surface area contributed by atoms with E-state index in [1.807, 2.05) is 18.4 Å². The lowest BCUT2D eigenvalue weighted by molar-refractivity contribution is 0.186. The molecule has 0 fully saturated rings. The van der Waals surface area contributed by atoms with Crippen LogP contribution in [0.25, 0.3) is 0 Å². The van der Waals surface area contributed by atoms with Crippen LogP contribution in [0.2, 0.25) is 0 Å². The maximum Gasteiger partial charge on any atom is 0.279 e. The molecule has 0 bridgehead atoms. The molecule has 1 aromatic rings. The van der Waals surface area contributed by atoms with Crippen LogP contribution >= 0.6 is 0 Å². The Hall–Kier alpha value is -0.960. The summed E-state index contributed by atoms with van der Waals surface area (Å²) in [5, 5.41) is 0. The van der Waals surface area contributed by atoms with Gasteiger partial charge in [0.25, 0.3) is 10.2 Å². The van der Waals surface area contributed by atoms with E-state index in [-0.39, 0.29) is 6.54 Å². The van der Waals surface area contributed by atoms with E-state index in [9.17, 15) is 8.42 Å². The van der Waals surface area contributed by atoms with Gasteiger partial charge in [-0.2, -0.15) is 17.4 Å². The third kappa shape index (κ3) is 4.57. The van der Waals surface area contributed by atoms with Crippen LogP contribution in [-0.2, 0) is 28.0 Å². The second kappa shape index (κ2) is 7.59. The minimum absolute atomic E-state index is 0.225. The van der Waals surface area contributed by atoms with Gasteiger partial charge >= 0.3 is 0 Å². The number of methoxy groups -OCH3 is 1. The molecule has 8 heteroatoms. The summed E-state index contributed by atoms with van der Waals surface area (Å²) in [6.45, 7) is 5.97. The molecule has 0 atom stereocenters. The highest BCUT2D eigenvalue weighted by atomic mass is 32.2. The van der Waals surface area contributed by atoms with E-state index in [0.29, 0.717) is 26.2 Å². The average molecular weight is 290 g/mol. The zero-order valence-electron chi connectivity index (χ0n) is 11.7. The molecule has 0 spiro atoms. The standard InChI is InChI=1S/C11H22N4O3S/c1-4-15(5-2)19(16,17)13-9-11-8-12-10-14(11)6-7-18-3/h8,10,13H,4-7,9H2,1-3H3. The molecular weight excluding hydrogens is 268 g/mol. The first kappa shape index (κ1) is 16.1. The highest BCUT2D eigenvalue weighted by molar-refractivity contribution is 7.87. The van der Waals surface area contributed by atoms with Crippen LogP contribution in [0, 0.1) is 0 Å². The van der Waals surface area contributed by atoms with Crippen molar-refractivity contribution >= 4 is 10.2 Å². The number of nitrogens with zero attached hydrogens (tertiary/aromatic N) is 3. The molecule has 110 valence electrons. The second-order valence-corrected chi connectivity index (χ2v) is 5.74. The van der Waals surface area contributed by atoms with E-state index in [4.69, 9.17) is 4.74 Å². The van der Waals surface area contributed by atoms with Gasteiger partial charge in [-0.1, -0.05) is 13.8 Å². The summed E-state index contributed by atoms with van der Waals surface area (Å²) in [7, 11) is -1.80. The van der Waals surface area contributed by atoms with E-state index in [2.05, 4.69) is 9.71 Å². The first-order valence-electron chi connectivity index (χ1n) is 6.27. The molecule has 1 heterocycles. The van der Waals surface area contributed by atoms with Gasteiger partial charge in [-0.15, -0.1) is 0 Å². The number of aromatic nitrogens is 2. The maximum atomic E-state index is 12.0. The fraction of sp³-hybridized carbons (Fsp3) is 0.727. The van der Waals surface area contributed by atoms with Crippen molar-refractivity contribution in [2.45, 2.75) is 26.9 Å². The van der Waals surface area contributed by atoms with E-state index < -0.39 is 10.2 Å². The summed E-state index contributed by atoms with van der Waals surface area (Å²) in [5.41, 5.74) is 0.813.